The Kier molecular flexibility index (Phi) is 6.45. The average Bonchev–Trinajstić information content (AvgIpc) is 3.19. The van der Waals surface area contributed by atoms with Crippen LogP contribution in [0.25, 0.3) is 11.0 Å². The van der Waals surface area contributed by atoms with E-state index in [2.05, 4.69) is 11.9 Å². The van der Waals surface area contributed by atoms with E-state index in [0.29, 0.717) is 40.3 Å². The maximum absolute atomic E-state index is 13.5. The van der Waals surface area contributed by atoms with Crippen LogP contribution in [0.3, 0.4) is 0 Å². The fourth-order valence-electron chi connectivity index (χ4n) is 3.56. The highest BCUT2D eigenvalue weighted by Gasteiger charge is 2.22. The molecule has 0 fully saturated rings. The van der Waals surface area contributed by atoms with Crippen LogP contribution in [0.1, 0.15) is 47.0 Å². The number of ether oxygens (including phenoxy) is 1. The van der Waals surface area contributed by atoms with E-state index >= 15 is 0 Å². The van der Waals surface area contributed by atoms with E-state index in [1.165, 1.54) is 12.1 Å². The van der Waals surface area contributed by atoms with Crippen LogP contribution in [-0.2, 0) is 6.42 Å². The smallest absolute Gasteiger partial charge is 0.197 e. The largest absolute Gasteiger partial charge is 0.497 e. The quantitative estimate of drug-likeness (QED) is 0.226. The van der Waals surface area contributed by atoms with Crippen molar-refractivity contribution in [3.63, 3.8) is 0 Å². The molecule has 0 bridgehead atoms. The van der Waals surface area contributed by atoms with Crippen LogP contribution >= 0.6 is 0 Å². The lowest BCUT2D eigenvalue weighted by molar-refractivity contribution is 0.103. The molecular weight excluding hydrogens is 405 g/mol. The van der Waals surface area contributed by atoms with Gasteiger partial charge in [0.1, 0.15) is 22.9 Å². The molecule has 0 saturated carbocycles. The Labute approximate surface area is 186 Å². The molecule has 0 aliphatic rings. The minimum Gasteiger partial charge on any atom is -0.497 e. The van der Waals surface area contributed by atoms with E-state index in [4.69, 9.17) is 9.15 Å². The molecule has 0 atom stereocenters. The number of halogens is 1. The molecule has 3 aromatic carbocycles. The van der Waals surface area contributed by atoms with Gasteiger partial charge in [-0.15, -0.1) is 0 Å². The van der Waals surface area contributed by atoms with Crippen LogP contribution in [0.5, 0.6) is 5.75 Å². The Morgan fingerprint density at radius 2 is 1.81 bits per heavy atom. The Hall–Kier alpha value is -3.73. The number of rotatable bonds is 8. The molecule has 4 aromatic rings. The predicted molar refractivity (Wildman–Crippen MR) is 125 cm³/mol. The number of furan rings is 1. The maximum atomic E-state index is 13.5. The van der Waals surface area contributed by atoms with Gasteiger partial charge in [-0.3, -0.25) is 9.79 Å². The highest BCUT2D eigenvalue weighted by atomic mass is 19.1. The summed E-state index contributed by atoms with van der Waals surface area (Å²) in [6.45, 7) is 2.11. The van der Waals surface area contributed by atoms with Crippen molar-refractivity contribution >= 4 is 28.7 Å². The van der Waals surface area contributed by atoms with E-state index in [1.807, 2.05) is 18.2 Å². The van der Waals surface area contributed by atoms with Gasteiger partial charge in [0.15, 0.2) is 5.78 Å². The maximum Gasteiger partial charge on any atom is 0.197 e. The SMILES string of the molecule is CCCCc1oc2ccc(N=Cc3ccc(F)cc3)cc2c1C(=O)c1ccc(OC)cc1. The number of nitrogens with zero attached hydrogens (tertiary/aromatic N) is 1. The third-order valence-electron chi connectivity index (χ3n) is 5.31. The van der Waals surface area contributed by atoms with Gasteiger partial charge in [0, 0.05) is 23.6 Å². The van der Waals surface area contributed by atoms with Crippen molar-refractivity contribution in [3.05, 3.63) is 95.0 Å². The van der Waals surface area contributed by atoms with Crippen LogP contribution < -0.4 is 4.74 Å². The molecule has 0 unspecified atom stereocenters. The fraction of sp³-hybridized carbons (Fsp3) is 0.185. The minimum absolute atomic E-state index is 0.0860. The second kappa shape index (κ2) is 9.60. The number of carbonyl (C=O) groups excluding carboxylic acids is 1. The summed E-state index contributed by atoms with van der Waals surface area (Å²) >= 11 is 0. The summed E-state index contributed by atoms with van der Waals surface area (Å²) in [6, 6.07) is 18.8. The highest BCUT2D eigenvalue weighted by molar-refractivity contribution is 6.17. The van der Waals surface area contributed by atoms with Gasteiger partial charge in [0.05, 0.1) is 18.4 Å². The van der Waals surface area contributed by atoms with Gasteiger partial charge in [-0.05, 0) is 66.6 Å². The molecule has 0 spiro atoms. The van der Waals surface area contributed by atoms with Gasteiger partial charge < -0.3 is 9.15 Å². The van der Waals surface area contributed by atoms with Gasteiger partial charge in [-0.1, -0.05) is 25.5 Å². The molecule has 0 amide bonds. The summed E-state index contributed by atoms with van der Waals surface area (Å²) in [5.74, 6) is 1.02. The fourth-order valence-corrected chi connectivity index (χ4v) is 3.56. The van der Waals surface area contributed by atoms with Crippen LogP contribution in [0, 0.1) is 5.82 Å². The zero-order valence-corrected chi connectivity index (χ0v) is 18.1. The summed E-state index contributed by atoms with van der Waals surface area (Å²) in [4.78, 5) is 18.0. The molecule has 0 saturated heterocycles. The third-order valence-corrected chi connectivity index (χ3v) is 5.31. The normalized spacial score (nSPS) is 11.3. The Bertz CT molecular complexity index is 1250. The topological polar surface area (TPSA) is 51.8 Å². The molecule has 162 valence electrons. The molecule has 1 aromatic heterocycles. The number of unbranched alkanes of at least 4 members (excludes halogenated alkanes) is 1. The lowest BCUT2D eigenvalue weighted by atomic mass is 9.98. The molecule has 4 nitrogen and oxygen atoms in total. The van der Waals surface area contributed by atoms with Crippen LogP contribution in [0.2, 0.25) is 0 Å². The van der Waals surface area contributed by atoms with E-state index in [-0.39, 0.29) is 11.6 Å². The standard InChI is InChI=1S/C27H24FNO3/c1-3-4-5-25-26(27(30)19-8-13-22(31-2)14-9-19)23-16-21(12-15-24(23)32-25)29-17-18-6-10-20(28)11-7-18/h6-17H,3-5H2,1-2H3. The molecule has 0 aliphatic carbocycles. The van der Waals surface area contributed by atoms with Crippen LogP contribution in [-0.4, -0.2) is 19.1 Å². The number of fused-ring (bicyclic) bond motifs is 1. The predicted octanol–water partition coefficient (Wildman–Crippen LogP) is 6.90. The van der Waals surface area contributed by atoms with Gasteiger partial charge >= 0.3 is 0 Å². The van der Waals surface area contributed by atoms with Crippen molar-refractivity contribution in [2.24, 2.45) is 4.99 Å². The van der Waals surface area contributed by atoms with E-state index in [9.17, 15) is 9.18 Å². The lowest BCUT2D eigenvalue weighted by Gasteiger charge is -2.05. The number of aliphatic imine (C=N–C) groups is 1. The van der Waals surface area contributed by atoms with E-state index in [0.717, 1.165) is 23.8 Å². The first kappa shape index (κ1) is 21.5. The van der Waals surface area contributed by atoms with Gasteiger partial charge in [-0.2, -0.15) is 0 Å². The van der Waals surface area contributed by atoms with Crippen LogP contribution in [0.4, 0.5) is 10.1 Å². The number of methoxy groups -OCH3 is 1. The number of hydrogen-bond acceptors (Lipinski definition) is 4. The Balaban J connectivity index is 1.74. The highest BCUT2D eigenvalue weighted by Crippen LogP contribution is 2.32. The zero-order valence-electron chi connectivity index (χ0n) is 18.1. The van der Waals surface area contributed by atoms with Gasteiger partial charge in [-0.25, -0.2) is 4.39 Å². The number of benzene rings is 3. The Morgan fingerprint density at radius 3 is 2.50 bits per heavy atom. The van der Waals surface area contributed by atoms with Crippen molar-refractivity contribution in [3.8, 4) is 5.75 Å². The molecule has 5 heteroatoms. The molecule has 32 heavy (non-hydrogen) atoms. The third kappa shape index (κ3) is 4.62. The molecule has 1 heterocycles. The Morgan fingerprint density at radius 1 is 1.06 bits per heavy atom. The second-order valence-corrected chi connectivity index (χ2v) is 7.55. The number of hydrogen-bond donors (Lipinski definition) is 0. The summed E-state index contributed by atoms with van der Waals surface area (Å²) in [5.41, 5.74) is 3.29. The molecular formula is C27H24FNO3. The number of carbonyl (C=O) groups is 1. The van der Waals surface area contributed by atoms with Crippen molar-refractivity contribution in [1.29, 1.82) is 0 Å². The van der Waals surface area contributed by atoms with Crippen molar-refractivity contribution in [2.45, 2.75) is 26.2 Å². The molecule has 0 N–H and O–H groups in total. The van der Waals surface area contributed by atoms with Gasteiger partial charge in [0.25, 0.3) is 0 Å². The summed E-state index contributed by atoms with van der Waals surface area (Å²) in [7, 11) is 1.59. The van der Waals surface area contributed by atoms with Crippen molar-refractivity contribution in [2.75, 3.05) is 7.11 Å². The molecule has 0 radical (unpaired) electrons. The summed E-state index contributed by atoms with van der Waals surface area (Å²) in [6.07, 6.45) is 4.29. The van der Waals surface area contributed by atoms with E-state index < -0.39 is 0 Å². The first-order valence-corrected chi connectivity index (χ1v) is 10.6. The zero-order chi connectivity index (χ0) is 22.5. The molecule has 4 rings (SSSR count). The minimum atomic E-state index is -0.289. The second-order valence-electron chi connectivity index (χ2n) is 7.55. The van der Waals surface area contributed by atoms with Crippen LogP contribution in [0.15, 0.2) is 76.1 Å². The van der Waals surface area contributed by atoms with E-state index in [1.54, 1.807) is 49.7 Å². The number of ketones is 1. The van der Waals surface area contributed by atoms with Gasteiger partial charge in [0.2, 0.25) is 0 Å². The average molecular weight is 429 g/mol. The summed E-state index contributed by atoms with van der Waals surface area (Å²) in [5, 5.41) is 0.741. The summed E-state index contributed by atoms with van der Waals surface area (Å²) < 4.78 is 24.4. The first-order chi connectivity index (χ1) is 15.6. The van der Waals surface area contributed by atoms with Crippen molar-refractivity contribution in [1.82, 2.24) is 0 Å². The molecule has 0 aliphatic heterocycles. The van der Waals surface area contributed by atoms with Crippen molar-refractivity contribution < 1.29 is 18.3 Å². The lowest BCUT2D eigenvalue weighted by Crippen LogP contribution is -2.04. The number of aryl methyl sites for hydroxylation is 1. The monoisotopic (exact) mass is 429 g/mol. The first-order valence-electron chi connectivity index (χ1n) is 10.6.